The predicted molar refractivity (Wildman–Crippen MR) is 99.5 cm³/mol. The van der Waals surface area contributed by atoms with Gasteiger partial charge in [0.2, 0.25) is 0 Å². The third-order valence-electron chi connectivity index (χ3n) is 4.76. The standard InChI is InChI=1S/C16H22N4OS.C2HF3O2/c1-21-11-13-7-19(10-16-17-4-5-22-16)9-15-14(13)8-20(18-15)6-12-2-3-12;3-2(4,5)1(6)7/h4-5,8,12-13H,2-3,6-7,9-11H2,1H3;(H,6,7). The number of hydrogen-bond acceptors (Lipinski definition) is 6. The van der Waals surface area contributed by atoms with Gasteiger partial charge in [-0.05, 0) is 18.8 Å². The number of carbonyl (C=O) groups is 1. The Bertz CT molecular complexity index is 806. The number of carboxylic acid groups (broad SMARTS) is 1. The molecule has 0 bridgehead atoms. The summed E-state index contributed by atoms with van der Waals surface area (Å²) in [7, 11) is 1.79. The molecule has 0 spiro atoms. The molecule has 11 heteroatoms. The number of aliphatic carboxylic acids is 1. The van der Waals surface area contributed by atoms with Gasteiger partial charge in [0.25, 0.3) is 0 Å². The van der Waals surface area contributed by atoms with Crippen LogP contribution in [0.15, 0.2) is 17.8 Å². The lowest BCUT2D eigenvalue weighted by Gasteiger charge is -2.31. The van der Waals surface area contributed by atoms with E-state index in [9.17, 15) is 13.2 Å². The van der Waals surface area contributed by atoms with E-state index in [1.165, 1.54) is 29.1 Å². The van der Waals surface area contributed by atoms with Crippen LogP contribution in [-0.2, 0) is 29.2 Å². The predicted octanol–water partition coefficient (Wildman–Crippen LogP) is 3.13. The van der Waals surface area contributed by atoms with Gasteiger partial charge < -0.3 is 9.84 Å². The first-order valence-electron chi connectivity index (χ1n) is 9.22. The highest BCUT2D eigenvalue weighted by Gasteiger charge is 2.38. The van der Waals surface area contributed by atoms with Gasteiger partial charge in [-0.15, -0.1) is 11.3 Å². The van der Waals surface area contributed by atoms with Crippen molar-refractivity contribution >= 4 is 17.3 Å². The van der Waals surface area contributed by atoms with Crippen LogP contribution in [0.2, 0.25) is 0 Å². The third kappa shape index (κ3) is 6.25. The fourth-order valence-corrected chi connectivity index (χ4v) is 3.93. The van der Waals surface area contributed by atoms with Crippen LogP contribution in [-0.4, -0.2) is 57.2 Å². The Morgan fingerprint density at radius 1 is 1.41 bits per heavy atom. The second kappa shape index (κ2) is 9.23. The van der Waals surface area contributed by atoms with Gasteiger partial charge in [0.15, 0.2) is 0 Å². The number of alkyl halides is 3. The summed E-state index contributed by atoms with van der Waals surface area (Å²) in [5.74, 6) is -1.48. The van der Waals surface area contributed by atoms with Gasteiger partial charge in [-0.25, -0.2) is 9.78 Å². The number of fused-ring (bicyclic) bond motifs is 1. The first-order chi connectivity index (χ1) is 13.8. The van der Waals surface area contributed by atoms with Crippen LogP contribution in [0.1, 0.15) is 35.0 Å². The van der Waals surface area contributed by atoms with Gasteiger partial charge in [-0.1, -0.05) is 0 Å². The minimum atomic E-state index is -5.08. The van der Waals surface area contributed by atoms with Crippen molar-refractivity contribution in [3.63, 3.8) is 0 Å². The zero-order chi connectivity index (χ0) is 21.0. The van der Waals surface area contributed by atoms with Gasteiger partial charge in [0.1, 0.15) is 5.01 Å². The van der Waals surface area contributed by atoms with E-state index in [-0.39, 0.29) is 0 Å². The lowest BCUT2D eigenvalue weighted by Crippen LogP contribution is -2.34. The lowest BCUT2D eigenvalue weighted by atomic mass is 9.96. The molecule has 0 amide bonds. The molecule has 0 aromatic carbocycles. The van der Waals surface area contributed by atoms with Crippen molar-refractivity contribution in [3.05, 3.63) is 34.0 Å². The second-order valence-electron chi connectivity index (χ2n) is 7.25. The maximum absolute atomic E-state index is 10.6. The van der Waals surface area contributed by atoms with Crippen molar-refractivity contribution in [2.75, 3.05) is 20.3 Å². The molecule has 2 aromatic heterocycles. The van der Waals surface area contributed by atoms with Crippen LogP contribution < -0.4 is 0 Å². The molecular weight excluding hydrogens is 409 g/mol. The molecule has 1 N–H and O–H groups in total. The van der Waals surface area contributed by atoms with Crippen molar-refractivity contribution in [1.82, 2.24) is 19.7 Å². The van der Waals surface area contributed by atoms with Crippen LogP contribution in [0.25, 0.3) is 0 Å². The number of aromatic nitrogens is 3. The SMILES string of the molecule is COCC1CN(Cc2nccs2)Cc2nn(CC3CC3)cc21.O=C(O)C(F)(F)F. The van der Waals surface area contributed by atoms with Gasteiger partial charge in [-0.2, -0.15) is 18.3 Å². The van der Waals surface area contributed by atoms with Crippen molar-refractivity contribution in [1.29, 1.82) is 0 Å². The summed E-state index contributed by atoms with van der Waals surface area (Å²) in [6, 6.07) is 0. The second-order valence-corrected chi connectivity index (χ2v) is 8.23. The number of nitrogens with zero attached hydrogens (tertiary/aromatic N) is 4. The van der Waals surface area contributed by atoms with E-state index in [1.54, 1.807) is 18.4 Å². The summed E-state index contributed by atoms with van der Waals surface area (Å²) < 4.78 is 39.3. The highest BCUT2D eigenvalue weighted by atomic mass is 32.1. The zero-order valence-electron chi connectivity index (χ0n) is 15.9. The molecule has 160 valence electrons. The number of rotatable bonds is 6. The van der Waals surface area contributed by atoms with Crippen LogP contribution >= 0.6 is 11.3 Å². The summed E-state index contributed by atoms with van der Waals surface area (Å²) in [6.45, 7) is 4.70. The maximum atomic E-state index is 10.6. The summed E-state index contributed by atoms with van der Waals surface area (Å²) in [5.41, 5.74) is 2.61. The van der Waals surface area contributed by atoms with E-state index >= 15 is 0 Å². The Labute approximate surface area is 170 Å². The Kier molecular flexibility index (Phi) is 6.91. The van der Waals surface area contributed by atoms with Crippen molar-refractivity contribution < 1.29 is 27.8 Å². The fourth-order valence-electron chi connectivity index (χ4n) is 3.27. The molecule has 0 saturated heterocycles. The fraction of sp³-hybridized carbons (Fsp3) is 0.611. The molecule has 7 nitrogen and oxygen atoms in total. The molecule has 1 unspecified atom stereocenters. The van der Waals surface area contributed by atoms with E-state index in [0.717, 1.165) is 38.7 Å². The molecule has 1 fully saturated rings. The highest BCUT2D eigenvalue weighted by molar-refractivity contribution is 7.09. The van der Waals surface area contributed by atoms with Gasteiger partial charge in [0.05, 0.1) is 18.8 Å². The Hall–Kier alpha value is -1.98. The first-order valence-corrected chi connectivity index (χ1v) is 10.1. The highest BCUT2D eigenvalue weighted by Crippen LogP contribution is 2.33. The molecule has 1 saturated carbocycles. The van der Waals surface area contributed by atoms with E-state index in [1.807, 2.05) is 11.6 Å². The minimum absolute atomic E-state index is 0.418. The summed E-state index contributed by atoms with van der Waals surface area (Å²) in [5, 5.41) is 15.2. The number of methoxy groups -OCH3 is 1. The average Bonchev–Trinajstić information content (AvgIpc) is 3.13. The van der Waals surface area contributed by atoms with Gasteiger partial charge >= 0.3 is 12.1 Å². The van der Waals surface area contributed by atoms with E-state index in [2.05, 4.69) is 20.8 Å². The van der Waals surface area contributed by atoms with Crippen molar-refractivity contribution in [3.8, 4) is 0 Å². The molecule has 29 heavy (non-hydrogen) atoms. The number of thiazole rings is 1. The monoisotopic (exact) mass is 432 g/mol. The number of ether oxygens (including phenoxy) is 1. The Morgan fingerprint density at radius 3 is 2.69 bits per heavy atom. The molecule has 2 aromatic rings. The van der Waals surface area contributed by atoms with E-state index < -0.39 is 12.1 Å². The van der Waals surface area contributed by atoms with Gasteiger partial charge in [0, 0.05) is 56.0 Å². The summed E-state index contributed by atoms with van der Waals surface area (Å²) in [4.78, 5) is 15.7. The smallest absolute Gasteiger partial charge is 0.475 e. The number of hydrogen-bond donors (Lipinski definition) is 1. The lowest BCUT2D eigenvalue weighted by molar-refractivity contribution is -0.192. The molecular formula is C18H23F3N4O3S. The summed E-state index contributed by atoms with van der Waals surface area (Å²) >= 11 is 1.72. The third-order valence-corrected chi connectivity index (χ3v) is 5.52. The van der Waals surface area contributed by atoms with Crippen LogP contribution in [0.5, 0.6) is 0 Å². The molecule has 3 heterocycles. The molecule has 1 aliphatic carbocycles. The molecule has 1 aliphatic heterocycles. The average molecular weight is 432 g/mol. The van der Waals surface area contributed by atoms with Crippen LogP contribution in [0.4, 0.5) is 13.2 Å². The molecule has 2 aliphatic rings. The van der Waals surface area contributed by atoms with Crippen LogP contribution in [0, 0.1) is 5.92 Å². The molecule has 1 atom stereocenters. The normalized spacial score (nSPS) is 19.4. The van der Waals surface area contributed by atoms with Gasteiger partial charge in [-0.3, -0.25) is 9.58 Å². The van der Waals surface area contributed by atoms with E-state index in [4.69, 9.17) is 19.7 Å². The maximum Gasteiger partial charge on any atom is 0.490 e. The molecule has 0 radical (unpaired) electrons. The zero-order valence-corrected chi connectivity index (χ0v) is 16.7. The number of carboxylic acids is 1. The Balaban J connectivity index is 0.000000298. The van der Waals surface area contributed by atoms with Crippen LogP contribution in [0.3, 0.4) is 0 Å². The summed E-state index contributed by atoms with van der Waals surface area (Å²) in [6.07, 6.45) is 1.79. The van der Waals surface area contributed by atoms with Crippen molar-refractivity contribution in [2.24, 2.45) is 5.92 Å². The van der Waals surface area contributed by atoms with E-state index in [0.29, 0.717) is 5.92 Å². The quantitative estimate of drug-likeness (QED) is 0.756. The first kappa shape index (κ1) is 21.7. The number of halogens is 3. The minimum Gasteiger partial charge on any atom is -0.475 e. The molecule has 4 rings (SSSR count). The topological polar surface area (TPSA) is 80.5 Å². The Morgan fingerprint density at radius 2 is 2.14 bits per heavy atom. The van der Waals surface area contributed by atoms with Crippen molar-refractivity contribution in [2.45, 2.75) is 44.6 Å². The largest absolute Gasteiger partial charge is 0.490 e.